The van der Waals surface area contributed by atoms with Crippen LogP contribution in [0, 0.1) is 11.8 Å². The maximum absolute atomic E-state index is 5.43. The van der Waals surface area contributed by atoms with Crippen LogP contribution in [0.2, 0.25) is 0 Å². The molecule has 2 aliphatic heterocycles. The van der Waals surface area contributed by atoms with Crippen LogP contribution in [0.3, 0.4) is 0 Å². The molecule has 3 atom stereocenters. The smallest absolute Gasteiger partial charge is 0.0495 e. The fourth-order valence-corrected chi connectivity index (χ4v) is 3.28. The van der Waals surface area contributed by atoms with Gasteiger partial charge in [-0.05, 0) is 64.1 Å². The van der Waals surface area contributed by atoms with Crippen LogP contribution in [0.5, 0.6) is 0 Å². The zero-order valence-electron chi connectivity index (χ0n) is 12.2. The normalized spacial score (nSPS) is 31.7. The first-order valence-corrected chi connectivity index (χ1v) is 7.83. The van der Waals surface area contributed by atoms with Crippen molar-refractivity contribution in [3.63, 3.8) is 0 Å². The minimum absolute atomic E-state index is 0.668. The van der Waals surface area contributed by atoms with Crippen LogP contribution in [0.25, 0.3) is 0 Å². The number of likely N-dealkylation sites (tertiary alicyclic amines) is 1. The van der Waals surface area contributed by atoms with Gasteiger partial charge in [-0.3, -0.25) is 0 Å². The number of nitrogens with one attached hydrogen (secondary N) is 1. The quantitative estimate of drug-likeness (QED) is 0.786. The van der Waals surface area contributed by atoms with Gasteiger partial charge in [0.1, 0.15) is 0 Å². The van der Waals surface area contributed by atoms with Crippen molar-refractivity contribution in [2.24, 2.45) is 11.8 Å². The molecule has 2 fully saturated rings. The van der Waals surface area contributed by atoms with Crippen LogP contribution < -0.4 is 5.32 Å². The maximum Gasteiger partial charge on any atom is 0.0495 e. The second-order valence-corrected chi connectivity index (χ2v) is 6.06. The Kier molecular flexibility index (Phi) is 5.93. The molecule has 2 rings (SSSR count). The van der Waals surface area contributed by atoms with Crippen molar-refractivity contribution in [2.75, 3.05) is 39.4 Å². The molecule has 3 heteroatoms. The first-order valence-electron chi connectivity index (χ1n) is 7.83. The van der Waals surface area contributed by atoms with Crippen molar-refractivity contribution in [3.8, 4) is 0 Å². The van der Waals surface area contributed by atoms with Crippen molar-refractivity contribution in [1.29, 1.82) is 0 Å². The Hall–Kier alpha value is -0.120. The number of piperidine rings is 1. The zero-order chi connectivity index (χ0) is 12.8. The van der Waals surface area contributed by atoms with E-state index in [9.17, 15) is 0 Å². The molecule has 1 N–H and O–H groups in total. The highest BCUT2D eigenvalue weighted by Gasteiger charge is 2.23. The monoisotopic (exact) mass is 254 g/mol. The molecule has 0 saturated carbocycles. The summed E-state index contributed by atoms with van der Waals surface area (Å²) in [6.07, 6.45) is 5.33. The van der Waals surface area contributed by atoms with Crippen molar-refractivity contribution >= 4 is 0 Å². The highest BCUT2D eigenvalue weighted by molar-refractivity contribution is 4.80. The van der Waals surface area contributed by atoms with E-state index in [-0.39, 0.29) is 0 Å². The Bertz CT molecular complexity index is 229. The van der Waals surface area contributed by atoms with E-state index in [2.05, 4.69) is 24.1 Å². The molecule has 3 unspecified atom stereocenters. The molecule has 3 nitrogen and oxygen atoms in total. The van der Waals surface area contributed by atoms with Crippen LogP contribution in [-0.4, -0.2) is 50.3 Å². The molecular weight excluding hydrogens is 224 g/mol. The lowest BCUT2D eigenvalue weighted by Crippen LogP contribution is -2.44. The van der Waals surface area contributed by atoms with E-state index in [4.69, 9.17) is 4.74 Å². The molecule has 0 spiro atoms. The molecule has 18 heavy (non-hydrogen) atoms. The largest absolute Gasteiger partial charge is 0.381 e. The summed E-state index contributed by atoms with van der Waals surface area (Å²) in [5.74, 6) is 1.65. The average molecular weight is 254 g/mol. The van der Waals surface area contributed by atoms with E-state index in [1.807, 2.05) is 0 Å². The van der Waals surface area contributed by atoms with Crippen LogP contribution in [0.4, 0.5) is 0 Å². The van der Waals surface area contributed by atoms with Gasteiger partial charge in [0.05, 0.1) is 0 Å². The Morgan fingerprint density at radius 2 is 2.28 bits per heavy atom. The predicted molar refractivity (Wildman–Crippen MR) is 75.8 cm³/mol. The zero-order valence-corrected chi connectivity index (χ0v) is 12.2. The van der Waals surface area contributed by atoms with Gasteiger partial charge in [-0.2, -0.15) is 0 Å². The number of rotatable bonds is 6. The van der Waals surface area contributed by atoms with Gasteiger partial charge in [-0.15, -0.1) is 0 Å². The highest BCUT2D eigenvalue weighted by atomic mass is 16.5. The molecule has 0 aliphatic carbocycles. The van der Waals surface area contributed by atoms with Gasteiger partial charge in [0, 0.05) is 25.8 Å². The number of hydrogen-bond donors (Lipinski definition) is 1. The lowest BCUT2D eigenvalue weighted by Gasteiger charge is -2.35. The second kappa shape index (κ2) is 7.46. The van der Waals surface area contributed by atoms with E-state index in [1.165, 1.54) is 45.3 Å². The fraction of sp³-hybridized carbons (Fsp3) is 1.00. The standard InChI is InChI=1S/C15H30N2O/c1-3-17-9-4-5-15(11-17)13(2)16-8-6-14-7-10-18-12-14/h13-16H,3-12H2,1-2H3. The molecular formula is C15H30N2O. The summed E-state index contributed by atoms with van der Waals surface area (Å²) in [4.78, 5) is 2.59. The number of ether oxygens (including phenoxy) is 1. The fourth-order valence-electron chi connectivity index (χ4n) is 3.28. The van der Waals surface area contributed by atoms with Crippen LogP contribution >= 0.6 is 0 Å². The molecule has 0 radical (unpaired) electrons. The number of hydrogen-bond acceptors (Lipinski definition) is 3. The van der Waals surface area contributed by atoms with Crippen molar-refractivity contribution in [2.45, 2.75) is 45.6 Å². The molecule has 0 aromatic rings. The third-order valence-electron chi connectivity index (χ3n) is 4.74. The maximum atomic E-state index is 5.43. The lowest BCUT2D eigenvalue weighted by molar-refractivity contribution is 0.155. The van der Waals surface area contributed by atoms with Gasteiger partial charge in [0.2, 0.25) is 0 Å². The molecule has 2 heterocycles. The summed E-state index contributed by atoms with van der Waals surface area (Å²) in [6.45, 7) is 11.6. The Morgan fingerprint density at radius 1 is 1.39 bits per heavy atom. The summed E-state index contributed by atoms with van der Waals surface area (Å²) in [5, 5.41) is 3.74. The van der Waals surface area contributed by atoms with E-state index in [0.29, 0.717) is 6.04 Å². The Morgan fingerprint density at radius 3 is 3.00 bits per heavy atom. The van der Waals surface area contributed by atoms with Gasteiger partial charge in [-0.1, -0.05) is 6.92 Å². The van der Waals surface area contributed by atoms with Crippen molar-refractivity contribution < 1.29 is 4.74 Å². The second-order valence-electron chi connectivity index (χ2n) is 6.06. The summed E-state index contributed by atoms with van der Waals surface area (Å²) >= 11 is 0. The summed E-state index contributed by atoms with van der Waals surface area (Å²) < 4.78 is 5.43. The molecule has 2 aliphatic rings. The number of nitrogens with zero attached hydrogens (tertiary/aromatic N) is 1. The molecule has 0 amide bonds. The predicted octanol–water partition coefficient (Wildman–Crippen LogP) is 2.12. The van der Waals surface area contributed by atoms with Crippen LogP contribution in [-0.2, 0) is 4.74 Å². The SMILES string of the molecule is CCN1CCCC(C(C)NCCC2CCOC2)C1. The topological polar surface area (TPSA) is 24.5 Å². The Balaban J connectivity index is 1.62. The third kappa shape index (κ3) is 4.22. The minimum Gasteiger partial charge on any atom is -0.381 e. The van der Waals surface area contributed by atoms with E-state index < -0.39 is 0 Å². The van der Waals surface area contributed by atoms with E-state index >= 15 is 0 Å². The molecule has 0 aromatic carbocycles. The van der Waals surface area contributed by atoms with Crippen molar-refractivity contribution in [1.82, 2.24) is 10.2 Å². The van der Waals surface area contributed by atoms with Crippen molar-refractivity contribution in [3.05, 3.63) is 0 Å². The minimum atomic E-state index is 0.668. The van der Waals surface area contributed by atoms with Crippen LogP contribution in [0.15, 0.2) is 0 Å². The molecule has 2 saturated heterocycles. The highest BCUT2D eigenvalue weighted by Crippen LogP contribution is 2.20. The van der Waals surface area contributed by atoms with Gasteiger partial charge in [-0.25, -0.2) is 0 Å². The summed E-state index contributed by atoms with van der Waals surface area (Å²) in [5.41, 5.74) is 0. The first-order chi connectivity index (χ1) is 8.79. The Labute approximate surface area is 112 Å². The van der Waals surface area contributed by atoms with E-state index in [1.54, 1.807) is 0 Å². The molecule has 106 valence electrons. The summed E-state index contributed by atoms with van der Waals surface area (Å²) in [6, 6.07) is 0.668. The summed E-state index contributed by atoms with van der Waals surface area (Å²) in [7, 11) is 0. The first kappa shape index (κ1) is 14.3. The van der Waals surface area contributed by atoms with Crippen LogP contribution in [0.1, 0.15) is 39.5 Å². The van der Waals surface area contributed by atoms with Gasteiger partial charge >= 0.3 is 0 Å². The van der Waals surface area contributed by atoms with Gasteiger partial charge in [0.25, 0.3) is 0 Å². The van der Waals surface area contributed by atoms with E-state index in [0.717, 1.165) is 31.6 Å². The molecule has 0 aromatic heterocycles. The van der Waals surface area contributed by atoms with Gasteiger partial charge in [0.15, 0.2) is 0 Å². The third-order valence-corrected chi connectivity index (χ3v) is 4.74. The lowest BCUT2D eigenvalue weighted by atomic mass is 9.91. The molecule has 0 bridgehead atoms. The average Bonchev–Trinajstić information content (AvgIpc) is 2.92. The van der Waals surface area contributed by atoms with Gasteiger partial charge < -0.3 is 15.0 Å².